The number of nitrogens with zero attached hydrogens (tertiary/aromatic N) is 2. The number of ether oxygens (including phenoxy) is 2. The van der Waals surface area contributed by atoms with Crippen LogP contribution in [0.5, 0.6) is 0 Å². The second kappa shape index (κ2) is 5.94. The van der Waals surface area contributed by atoms with Crippen molar-refractivity contribution in [3.8, 4) is 0 Å². The van der Waals surface area contributed by atoms with Crippen molar-refractivity contribution in [3.63, 3.8) is 0 Å². The summed E-state index contributed by atoms with van der Waals surface area (Å²) in [6.07, 6.45) is -4.71. The van der Waals surface area contributed by atoms with Crippen LogP contribution in [0.15, 0.2) is 17.1 Å². The zero-order valence-electron chi connectivity index (χ0n) is 11.2. The Morgan fingerprint density at radius 3 is 2.82 bits per heavy atom. The highest BCUT2D eigenvalue weighted by molar-refractivity contribution is 5.71. The minimum atomic E-state index is -3.78. The smallest absolute Gasteiger partial charge is 0.351 e. The molecule has 1 aliphatic heterocycles. The van der Waals surface area contributed by atoms with Crippen LogP contribution in [0.1, 0.15) is 6.23 Å². The fraction of sp³-hybridized carbons (Fsp3) is 0.545. The monoisotopic (exact) mass is 320 g/mol. The van der Waals surface area contributed by atoms with Crippen molar-refractivity contribution in [1.29, 1.82) is 0 Å². The van der Waals surface area contributed by atoms with Crippen LogP contribution in [0.3, 0.4) is 0 Å². The normalized spacial score (nSPS) is 26.8. The number of carbonyl (C=O) groups is 1. The van der Waals surface area contributed by atoms with Gasteiger partial charge in [-0.25, -0.2) is 4.79 Å². The standard InChI is InChI=1S/C11H14F2N4O5/c12-11(13)8(22-7(19)3-14)5(4-18)21-9(11)17-2-1-6(15)16-10(17)20/h1-2,5,8-9,18H,3-4,14H2,(H2,15,16,20)/t5-,8-,9-/m1/s1. The highest BCUT2D eigenvalue weighted by Gasteiger charge is 2.62. The van der Waals surface area contributed by atoms with E-state index in [0.717, 1.165) is 12.3 Å². The molecule has 1 aromatic heterocycles. The van der Waals surface area contributed by atoms with Crippen molar-refractivity contribution in [3.05, 3.63) is 22.7 Å². The molecule has 0 aromatic carbocycles. The van der Waals surface area contributed by atoms with Crippen LogP contribution in [-0.2, 0) is 14.3 Å². The van der Waals surface area contributed by atoms with E-state index in [2.05, 4.69) is 9.72 Å². The molecule has 11 heteroatoms. The summed E-state index contributed by atoms with van der Waals surface area (Å²) in [6, 6.07) is 1.13. The highest BCUT2D eigenvalue weighted by atomic mass is 19.3. The van der Waals surface area contributed by atoms with E-state index in [1.54, 1.807) is 0 Å². The second-order valence-corrected chi connectivity index (χ2v) is 4.54. The number of aromatic nitrogens is 2. The maximum Gasteiger partial charge on any atom is 0.351 e. The molecule has 0 amide bonds. The van der Waals surface area contributed by atoms with Gasteiger partial charge in [-0.1, -0.05) is 0 Å². The summed E-state index contributed by atoms with van der Waals surface area (Å²) in [5, 5.41) is 9.13. The molecule has 22 heavy (non-hydrogen) atoms. The van der Waals surface area contributed by atoms with E-state index in [4.69, 9.17) is 21.3 Å². The average Bonchev–Trinajstić information content (AvgIpc) is 2.70. The first-order chi connectivity index (χ1) is 10.3. The molecular formula is C11H14F2N4O5. The van der Waals surface area contributed by atoms with Crippen LogP contribution in [-0.4, -0.2) is 51.9 Å². The van der Waals surface area contributed by atoms with E-state index < -0.39 is 49.2 Å². The Hall–Kier alpha value is -2.11. The molecule has 122 valence electrons. The zero-order chi connectivity index (χ0) is 16.5. The van der Waals surface area contributed by atoms with Gasteiger partial charge in [-0.2, -0.15) is 13.8 Å². The van der Waals surface area contributed by atoms with Crippen LogP contribution >= 0.6 is 0 Å². The van der Waals surface area contributed by atoms with E-state index in [0.29, 0.717) is 4.57 Å². The van der Waals surface area contributed by atoms with Gasteiger partial charge in [0.2, 0.25) is 6.23 Å². The summed E-state index contributed by atoms with van der Waals surface area (Å²) in [5.41, 5.74) is 9.23. The van der Waals surface area contributed by atoms with Crippen molar-refractivity contribution in [1.82, 2.24) is 9.55 Å². The maximum absolute atomic E-state index is 14.4. The predicted molar refractivity (Wildman–Crippen MR) is 67.8 cm³/mol. The SMILES string of the molecule is NCC(=O)O[C@@H]1[C@@H](CO)O[C@@H](n2ccc(N)nc2=O)C1(F)F. The lowest BCUT2D eigenvalue weighted by molar-refractivity contribution is -0.175. The van der Waals surface area contributed by atoms with Gasteiger partial charge < -0.3 is 26.0 Å². The van der Waals surface area contributed by atoms with Gasteiger partial charge in [0.25, 0.3) is 0 Å². The quantitative estimate of drug-likeness (QED) is 0.553. The molecule has 0 saturated carbocycles. The number of alkyl halides is 2. The first-order valence-corrected chi connectivity index (χ1v) is 6.19. The van der Waals surface area contributed by atoms with Gasteiger partial charge in [0.1, 0.15) is 11.9 Å². The topological polar surface area (TPSA) is 143 Å². The fourth-order valence-corrected chi connectivity index (χ4v) is 2.05. The average molecular weight is 320 g/mol. The lowest BCUT2D eigenvalue weighted by Crippen LogP contribution is -2.45. The van der Waals surface area contributed by atoms with E-state index in [-0.39, 0.29) is 5.82 Å². The van der Waals surface area contributed by atoms with Crippen LogP contribution in [0.25, 0.3) is 0 Å². The largest absolute Gasteiger partial charge is 0.452 e. The van der Waals surface area contributed by atoms with Crippen molar-refractivity contribution in [2.75, 3.05) is 18.9 Å². The molecular weight excluding hydrogens is 306 g/mol. The van der Waals surface area contributed by atoms with Crippen molar-refractivity contribution >= 4 is 11.8 Å². The number of halogens is 2. The summed E-state index contributed by atoms with van der Waals surface area (Å²) in [4.78, 5) is 26.1. The van der Waals surface area contributed by atoms with Crippen LogP contribution in [0.2, 0.25) is 0 Å². The fourth-order valence-electron chi connectivity index (χ4n) is 2.05. The Morgan fingerprint density at radius 2 is 2.27 bits per heavy atom. The molecule has 1 saturated heterocycles. The van der Waals surface area contributed by atoms with Gasteiger partial charge in [0, 0.05) is 6.20 Å². The molecule has 0 unspecified atom stereocenters. The summed E-state index contributed by atoms with van der Waals surface area (Å²) < 4.78 is 38.8. The van der Waals surface area contributed by atoms with E-state index >= 15 is 0 Å². The lowest BCUT2D eigenvalue weighted by Gasteiger charge is -2.23. The number of carbonyl (C=O) groups excluding carboxylic acids is 1. The van der Waals surface area contributed by atoms with Crippen LogP contribution < -0.4 is 17.2 Å². The lowest BCUT2D eigenvalue weighted by atomic mass is 10.1. The van der Waals surface area contributed by atoms with Crippen LogP contribution in [0.4, 0.5) is 14.6 Å². The first-order valence-electron chi connectivity index (χ1n) is 6.19. The molecule has 0 bridgehead atoms. The molecule has 2 heterocycles. The second-order valence-electron chi connectivity index (χ2n) is 4.54. The summed E-state index contributed by atoms with van der Waals surface area (Å²) in [6.45, 7) is -1.45. The molecule has 0 spiro atoms. The van der Waals surface area contributed by atoms with E-state index in [9.17, 15) is 18.4 Å². The Labute approximate surface area is 122 Å². The zero-order valence-corrected chi connectivity index (χ0v) is 11.2. The van der Waals surface area contributed by atoms with Gasteiger partial charge in [0.05, 0.1) is 13.2 Å². The number of nitrogens with two attached hydrogens (primary N) is 2. The molecule has 1 aromatic rings. The van der Waals surface area contributed by atoms with Gasteiger partial charge in [-0.15, -0.1) is 0 Å². The Balaban J connectivity index is 2.37. The molecule has 5 N–H and O–H groups in total. The highest BCUT2D eigenvalue weighted by Crippen LogP contribution is 2.43. The third kappa shape index (κ3) is 2.77. The molecule has 9 nitrogen and oxygen atoms in total. The molecule has 0 aliphatic carbocycles. The number of nitrogen functional groups attached to an aromatic ring is 1. The molecule has 2 rings (SSSR count). The number of hydrogen-bond donors (Lipinski definition) is 3. The number of aliphatic hydroxyl groups is 1. The van der Waals surface area contributed by atoms with Crippen molar-refractivity contribution in [2.24, 2.45) is 5.73 Å². The molecule has 0 radical (unpaired) electrons. The summed E-state index contributed by atoms with van der Waals surface area (Å²) in [7, 11) is 0. The maximum atomic E-state index is 14.4. The minimum absolute atomic E-state index is 0.146. The van der Waals surface area contributed by atoms with Gasteiger partial charge in [0.15, 0.2) is 6.10 Å². The number of esters is 1. The Morgan fingerprint density at radius 1 is 1.59 bits per heavy atom. The number of aliphatic hydroxyl groups excluding tert-OH is 1. The number of hydrogen-bond acceptors (Lipinski definition) is 8. The minimum Gasteiger partial charge on any atom is -0.452 e. The van der Waals surface area contributed by atoms with E-state index in [1.807, 2.05) is 0 Å². The van der Waals surface area contributed by atoms with Gasteiger partial charge >= 0.3 is 17.6 Å². The van der Waals surface area contributed by atoms with Gasteiger partial charge in [-0.05, 0) is 6.07 Å². The summed E-state index contributed by atoms with van der Waals surface area (Å²) >= 11 is 0. The molecule has 3 atom stereocenters. The first kappa shape index (κ1) is 16.3. The van der Waals surface area contributed by atoms with Crippen molar-refractivity contribution < 1.29 is 28.2 Å². The molecule has 1 aliphatic rings. The Bertz CT molecular complexity index is 623. The summed E-state index contributed by atoms with van der Waals surface area (Å²) in [5.74, 6) is -5.01. The third-order valence-corrected chi connectivity index (χ3v) is 3.06. The number of rotatable bonds is 4. The van der Waals surface area contributed by atoms with E-state index in [1.165, 1.54) is 0 Å². The molecule has 1 fully saturated rings. The van der Waals surface area contributed by atoms with Crippen molar-refractivity contribution in [2.45, 2.75) is 24.4 Å². The van der Waals surface area contributed by atoms with Gasteiger partial charge in [-0.3, -0.25) is 9.36 Å². The van der Waals surface area contributed by atoms with Crippen LogP contribution in [0, 0.1) is 0 Å². The third-order valence-electron chi connectivity index (χ3n) is 3.06. The Kier molecular flexibility index (Phi) is 4.39. The number of anilines is 1. The predicted octanol–water partition coefficient (Wildman–Crippen LogP) is -1.78.